The molecule has 3 heterocycles. The zero-order chi connectivity index (χ0) is 21.9. The Morgan fingerprint density at radius 1 is 1.12 bits per heavy atom. The Morgan fingerprint density at radius 3 is 2.88 bits per heavy atom. The summed E-state index contributed by atoms with van der Waals surface area (Å²) in [5, 5.41) is 7.48. The van der Waals surface area contributed by atoms with E-state index in [1.54, 1.807) is 18.3 Å². The highest BCUT2D eigenvalue weighted by atomic mass is 16.5. The third-order valence-corrected chi connectivity index (χ3v) is 5.96. The van der Waals surface area contributed by atoms with Gasteiger partial charge in [-0.2, -0.15) is 5.10 Å². The van der Waals surface area contributed by atoms with Crippen molar-refractivity contribution in [3.8, 4) is 5.75 Å². The van der Waals surface area contributed by atoms with Gasteiger partial charge in [-0.25, -0.2) is 9.67 Å². The topological polar surface area (TPSA) is 73.4 Å². The Hall–Kier alpha value is -3.61. The van der Waals surface area contributed by atoms with E-state index in [-0.39, 0.29) is 5.91 Å². The second kappa shape index (κ2) is 8.86. The Labute approximate surface area is 187 Å². The maximum Gasteiger partial charge on any atom is 0.256 e. The Morgan fingerprint density at radius 2 is 2.00 bits per heavy atom. The molecule has 0 saturated heterocycles. The molecule has 164 valence electrons. The van der Waals surface area contributed by atoms with Crippen LogP contribution in [0, 0.1) is 6.92 Å². The van der Waals surface area contributed by atoms with Gasteiger partial charge in [0.05, 0.1) is 17.9 Å². The lowest BCUT2D eigenvalue weighted by Crippen LogP contribution is -2.20. The van der Waals surface area contributed by atoms with E-state index in [1.807, 2.05) is 58.7 Å². The van der Waals surface area contributed by atoms with Gasteiger partial charge < -0.3 is 14.5 Å². The molecule has 0 unspecified atom stereocenters. The highest BCUT2D eigenvalue weighted by Crippen LogP contribution is 2.30. The lowest BCUT2D eigenvalue weighted by molar-refractivity contribution is 0.102. The van der Waals surface area contributed by atoms with Gasteiger partial charge in [-0.1, -0.05) is 31.4 Å². The van der Waals surface area contributed by atoms with Crippen molar-refractivity contribution in [1.29, 1.82) is 0 Å². The average molecular weight is 430 g/mol. The number of aromatic nitrogens is 4. The smallest absolute Gasteiger partial charge is 0.256 e. The van der Waals surface area contributed by atoms with E-state index in [0.29, 0.717) is 24.0 Å². The van der Waals surface area contributed by atoms with Crippen molar-refractivity contribution < 1.29 is 9.53 Å². The number of hydrogen-bond acceptors (Lipinski definition) is 4. The first-order chi connectivity index (χ1) is 15.7. The van der Waals surface area contributed by atoms with Crippen LogP contribution in [0.5, 0.6) is 5.75 Å². The first-order valence-electron chi connectivity index (χ1n) is 11.2. The molecule has 4 aromatic rings. The predicted molar refractivity (Wildman–Crippen MR) is 123 cm³/mol. The molecule has 0 atom stereocenters. The van der Waals surface area contributed by atoms with E-state index in [1.165, 1.54) is 24.8 Å². The van der Waals surface area contributed by atoms with Crippen LogP contribution in [-0.4, -0.2) is 25.1 Å². The van der Waals surface area contributed by atoms with Gasteiger partial charge in [-0.15, -0.1) is 0 Å². The van der Waals surface area contributed by atoms with E-state index in [0.717, 1.165) is 30.0 Å². The van der Waals surface area contributed by atoms with Gasteiger partial charge in [0.2, 0.25) is 0 Å². The average Bonchev–Trinajstić information content (AvgIpc) is 3.44. The largest absolute Gasteiger partial charge is 0.487 e. The van der Waals surface area contributed by atoms with Crippen LogP contribution in [0.15, 0.2) is 61.1 Å². The van der Waals surface area contributed by atoms with Crippen LogP contribution >= 0.6 is 0 Å². The Kier molecular flexibility index (Phi) is 5.62. The van der Waals surface area contributed by atoms with Crippen molar-refractivity contribution in [1.82, 2.24) is 19.2 Å². The first-order valence-corrected chi connectivity index (χ1v) is 11.2. The monoisotopic (exact) mass is 429 g/mol. The number of anilines is 1. The van der Waals surface area contributed by atoms with Crippen molar-refractivity contribution >= 4 is 17.4 Å². The summed E-state index contributed by atoms with van der Waals surface area (Å²) in [4.78, 5) is 17.5. The van der Waals surface area contributed by atoms with E-state index in [4.69, 9.17) is 4.74 Å². The number of rotatable bonds is 6. The van der Waals surface area contributed by atoms with Crippen molar-refractivity contribution in [3.63, 3.8) is 0 Å². The van der Waals surface area contributed by atoms with Crippen LogP contribution in [0.4, 0.5) is 5.82 Å². The van der Waals surface area contributed by atoms with E-state index >= 15 is 0 Å². The van der Waals surface area contributed by atoms with E-state index < -0.39 is 0 Å². The minimum absolute atomic E-state index is 0.170. The Balaban J connectivity index is 1.25. The highest BCUT2D eigenvalue weighted by Gasteiger charge is 2.19. The fourth-order valence-corrected chi connectivity index (χ4v) is 4.33. The van der Waals surface area contributed by atoms with Crippen molar-refractivity contribution in [3.05, 3.63) is 77.9 Å². The number of amides is 1. The van der Waals surface area contributed by atoms with E-state index in [9.17, 15) is 4.79 Å². The number of carbonyl (C=O) groups is 1. The van der Waals surface area contributed by atoms with Gasteiger partial charge in [0.25, 0.3) is 5.91 Å². The highest BCUT2D eigenvalue weighted by molar-refractivity contribution is 6.04. The summed E-state index contributed by atoms with van der Waals surface area (Å²) in [5.41, 5.74) is 3.44. The molecule has 1 aliphatic carbocycles. The summed E-state index contributed by atoms with van der Waals surface area (Å²) in [7, 11) is 0. The second-order valence-corrected chi connectivity index (χ2v) is 8.43. The minimum Gasteiger partial charge on any atom is -0.487 e. The van der Waals surface area contributed by atoms with Gasteiger partial charge in [-0.05, 0) is 49.6 Å². The molecule has 0 bridgehead atoms. The number of carbonyl (C=O) groups excluding carboxylic acids is 1. The van der Waals surface area contributed by atoms with Gasteiger partial charge >= 0.3 is 0 Å². The lowest BCUT2D eigenvalue weighted by atomic mass is 9.96. The molecule has 1 N–H and O–H groups in total. The molecule has 0 aliphatic heterocycles. The first kappa shape index (κ1) is 20.3. The third-order valence-electron chi connectivity index (χ3n) is 5.96. The molecule has 32 heavy (non-hydrogen) atoms. The molecule has 7 nitrogen and oxygen atoms in total. The molecule has 1 fully saturated rings. The number of nitrogens with zero attached hydrogens (tertiary/aromatic N) is 4. The zero-order valence-corrected chi connectivity index (χ0v) is 18.2. The van der Waals surface area contributed by atoms with Crippen LogP contribution < -0.4 is 10.1 Å². The fraction of sp³-hybridized carbons (Fsp3) is 0.320. The van der Waals surface area contributed by atoms with Crippen molar-refractivity contribution in [2.75, 3.05) is 5.32 Å². The SMILES string of the molecule is Cc1ccc2nc(COc3cccc(C(=O)Nc4ccnn4C4CCCCC4)c3)cn2c1. The molecule has 1 saturated carbocycles. The normalized spacial score (nSPS) is 14.5. The molecular formula is C25H27N5O2. The zero-order valence-electron chi connectivity index (χ0n) is 18.2. The molecule has 5 rings (SSSR count). The van der Waals surface area contributed by atoms with Gasteiger partial charge in [0.15, 0.2) is 0 Å². The molecule has 3 aromatic heterocycles. The van der Waals surface area contributed by atoms with E-state index in [2.05, 4.69) is 15.4 Å². The minimum atomic E-state index is -0.170. The summed E-state index contributed by atoms with van der Waals surface area (Å²) >= 11 is 0. The molecule has 0 radical (unpaired) electrons. The number of ether oxygens (including phenoxy) is 1. The number of hydrogen-bond donors (Lipinski definition) is 1. The maximum atomic E-state index is 12.9. The summed E-state index contributed by atoms with van der Waals surface area (Å²) in [6.45, 7) is 2.38. The standard InChI is InChI=1S/C25H27N5O2/c1-18-10-11-23-27-20(16-29(23)15-18)17-32-22-9-5-6-19(14-22)25(31)28-24-12-13-26-30(24)21-7-3-2-4-8-21/h5-6,9-16,21H,2-4,7-8,17H2,1H3,(H,28,31). The van der Waals surface area contributed by atoms with Crippen LogP contribution in [0.1, 0.15) is 59.8 Å². The van der Waals surface area contributed by atoms with Crippen LogP contribution in [0.25, 0.3) is 5.65 Å². The number of aryl methyl sites for hydroxylation is 1. The van der Waals surface area contributed by atoms with Crippen molar-refractivity contribution in [2.24, 2.45) is 0 Å². The van der Waals surface area contributed by atoms with Crippen LogP contribution in [-0.2, 0) is 6.61 Å². The van der Waals surface area contributed by atoms with Crippen LogP contribution in [0.2, 0.25) is 0 Å². The number of benzene rings is 1. The molecular weight excluding hydrogens is 402 g/mol. The van der Waals surface area contributed by atoms with Crippen LogP contribution in [0.3, 0.4) is 0 Å². The lowest BCUT2D eigenvalue weighted by Gasteiger charge is -2.23. The summed E-state index contributed by atoms with van der Waals surface area (Å²) < 4.78 is 9.88. The van der Waals surface area contributed by atoms with Gasteiger partial charge in [0.1, 0.15) is 23.8 Å². The number of pyridine rings is 1. The maximum absolute atomic E-state index is 12.9. The molecule has 1 aliphatic rings. The number of imidazole rings is 1. The molecule has 1 aromatic carbocycles. The number of fused-ring (bicyclic) bond motifs is 1. The quantitative estimate of drug-likeness (QED) is 0.459. The third kappa shape index (κ3) is 4.37. The number of nitrogens with one attached hydrogen (secondary N) is 1. The fourth-order valence-electron chi connectivity index (χ4n) is 4.33. The predicted octanol–water partition coefficient (Wildman–Crippen LogP) is 5.18. The van der Waals surface area contributed by atoms with Crippen molar-refractivity contribution in [2.45, 2.75) is 51.7 Å². The Bertz CT molecular complexity index is 1240. The molecule has 0 spiro atoms. The van der Waals surface area contributed by atoms with Gasteiger partial charge in [-0.3, -0.25) is 4.79 Å². The van der Waals surface area contributed by atoms with Gasteiger partial charge in [0, 0.05) is 24.0 Å². The molecule has 7 heteroatoms. The second-order valence-electron chi connectivity index (χ2n) is 8.43. The summed E-state index contributed by atoms with van der Waals surface area (Å²) in [6, 6.07) is 13.5. The molecule has 1 amide bonds. The summed E-state index contributed by atoms with van der Waals surface area (Å²) in [6.07, 6.45) is 11.7. The summed E-state index contributed by atoms with van der Waals surface area (Å²) in [5.74, 6) is 1.20.